The van der Waals surface area contributed by atoms with Gasteiger partial charge < -0.3 is 21.1 Å². The summed E-state index contributed by atoms with van der Waals surface area (Å²) in [6.45, 7) is 7.09. The van der Waals surface area contributed by atoms with Crippen molar-refractivity contribution >= 4 is 23.2 Å². The Kier molecular flexibility index (Phi) is 5.39. The van der Waals surface area contributed by atoms with Gasteiger partial charge in [-0.1, -0.05) is 0 Å². The molecule has 0 atom stereocenters. The summed E-state index contributed by atoms with van der Waals surface area (Å²) in [6.07, 6.45) is 1.90. The Morgan fingerprint density at radius 3 is 2.48 bits per heavy atom. The summed E-state index contributed by atoms with van der Waals surface area (Å²) < 4.78 is 5.16. The molecule has 8 nitrogen and oxygen atoms in total. The number of nitrogen functional groups attached to an aromatic ring is 1. The highest BCUT2D eigenvalue weighted by atomic mass is 16.6. The van der Waals surface area contributed by atoms with E-state index in [0.717, 1.165) is 38.0 Å². The number of aryl methyl sites for hydroxylation is 1. The zero-order valence-electron chi connectivity index (χ0n) is 14.9. The van der Waals surface area contributed by atoms with E-state index in [1.54, 1.807) is 13.0 Å². The zero-order valence-corrected chi connectivity index (χ0v) is 14.9. The van der Waals surface area contributed by atoms with E-state index in [1.807, 2.05) is 19.9 Å². The topological polar surface area (TPSA) is 125 Å². The maximum absolute atomic E-state index is 11.0. The fraction of sp³-hybridized carbons (Fsp3) is 0.588. The summed E-state index contributed by atoms with van der Waals surface area (Å²) in [5.74, 6) is 0.432. The number of benzene rings is 1. The van der Waals surface area contributed by atoms with E-state index in [4.69, 9.17) is 16.2 Å². The van der Waals surface area contributed by atoms with Gasteiger partial charge in [-0.3, -0.25) is 10.1 Å². The quantitative estimate of drug-likeness (QED) is 0.478. The fourth-order valence-corrected chi connectivity index (χ4v) is 3.62. The molecule has 0 saturated carbocycles. The summed E-state index contributed by atoms with van der Waals surface area (Å²) in [5.41, 5.74) is 12.0. The molecule has 0 radical (unpaired) electrons. The molecule has 1 aromatic carbocycles. The maximum atomic E-state index is 11.0. The van der Waals surface area contributed by atoms with Crippen LogP contribution >= 0.6 is 0 Å². The molecule has 0 aliphatic carbocycles. The van der Waals surface area contributed by atoms with E-state index in [-0.39, 0.29) is 11.4 Å². The van der Waals surface area contributed by atoms with Gasteiger partial charge >= 0.3 is 6.09 Å². The van der Waals surface area contributed by atoms with Crippen molar-refractivity contribution in [2.75, 3.05) is 23.7 Å². The normalized spacial score (nSPS) is 15.9. The first-order valence-electron chi connectivity index (χ1n) is 8.37. The smallest absolute Gasteiger partial charge is 0.405 e. The molecule has 1 aromatic rings. The van der Waals surface area contributed by atoms with Crippen molar-refractivity contribution < 1.29 is 14.5 Å². The fourth-order valence-electron chi connectivity index (χ4n) is 3.62. The molecule has 1 heterocycles. The number of carbonyl (C=O) groups is 1. The molecule has 1 aliphatic rings. The van der Waals surface area contributed by atoms with Gasteiger partial charge in [-0.05, 0) is 58.1 Å². The summed E-state index contributed by atoms with van der Waals surface area (Å²) in [7, 11) is 0. The maximum Gasteiger partial charge on any atom is 0.405 e. The molecule has 0 bridgehead atoms. The Bertz CT molecular complexity index is 644. The van der Waals surface area contributed by atoms with Crippen LogP contribution in [0.15, 0.2) is 12.1 Å². The molecular formula is C17H26N4O4. The zero-order chi connectivity index (χ0) is 18.8. The van der Waals surface area contributed by atoms with Crippen LogP contribution in [0.2, 0.25) is 0 Å². The lowest BCUT2D eigenvalue weighted by molar-refractivity contribution is -0.384. The third kappa shape index (κ3) is 4.74. The van der Waals surface area contributed by atoms with Crippen LogP contribution in [-0.2, 0) is 4.74 Å². The molecule has 1 amide bonds. The van der Waals surface area contributed by atoms with Crippen LogP contribution < -0.4 is 16.4 Å². The van der Waals surface area contributed by atoms with E-state index in [2.05, 4.69) is 4.90 Å². The molecule has 8 heteroatoms. The van der Waals surface area contributed by atoms with E-state index >= 15 is 0 Å². The van der Waals surface area contributed by atoms with Crippen LogP contribution in [0.5, 0.6) is 0 Å². The lowest BCUT2D eigenvalue weighted by atomic mass is 9.86. The predicted molar refractivity (Wildman–Crippen MR) is 96.5 cm³/mol. The number of anilines is 2. The van der Waals surface area contributed by atoms with Crippen molar-refractivity contribution in [3.8, 4) is 0 Å². The minimum atomic E-state index is -0.751. The first kappa shape index (κ1) is 18.8. The van der Waals surface area contributed by atoms with Gasteiger partial charge in [0.05, 0.1) is 4.92 Å². The monoisotopic (exact) mass is 350 g/mol. The van der Waals surface area contributed by atoms with E-state index in [9.17, 15) is 14.9 Å². The number of hydrogen-bond donors (Lipinski definition) is 2. The van der Waals surface area contributed by atoms with Crippen molar-refractivity contribution in [3.05, 3.63) is 27.8 Å². The standard InChI is InChI=1S/C17H26N4O4/c1-11-8-13(9-14(18)15(11)21(23)24)20-6-4-12(5-7-20)10-17(2,3)25-16(19)22/h8-9,12H,4-7,10,18H2,1-3H3,(H2,19,22). The van der Waals surface area contributed by atoms with Gasteiger partial charge in [-0.2, -0.15) is 0 Å². The highest BCUT2D eigenvalue weighted by Gasteiger charge is 2.29. The number of carbonyl (C=O) groups excluding carboxylic acids is 1. The van der Waals surface area contributed by atoms with E-state index in [0.29, 0.717) is 11.5 Å². The number of hydrogen-bond acceptors (Lipinski definition) is 6. The average molecular weight is 350 g/mol. The molecule has 25 heavy (non-hydrogen) atoms. The molecule has 0 unspecified atom stereocenters. The number of primary amides is 1. The third-order valence-electron chi connectivity index (χ3n) is 4.63. The molecular weight excluding hydrogens is 324 g/mol. The largest absolute Gasteiger partial charge is 0.444 e. The Labute approximate surface area is 147 Å². The highest BCUT2D eigenvalue weighted by molar-refractivity contribution is 5.70. The van der Waals surface area contributed by atoms with Gasteiger partial charge in [0, 0.05) is 24.3 Å². The van der Waals surface area contributed by atoms with E-state index in [1.165, 1.54) is 0 Å². The number of nitro groups is 1. The molecule has 138 valence electrons. The van der Waals surface area contributed by atoms with E-state index < -0.39 is 16.6 Å². The number of ether oxygens (including phenoxy) is 1. The molecule has 1 saturated heterocycles. The highest BCUT2D eigenvalue weighted by Crippen LogP contribution is 2.34. The summed E-state index contributed by atoms with van der Waals surface area (Å²) in [6, 6.07) is 3.49. The lowest BCUT2D eigenvalue weighted by Crippen LogP contribution is -2.38. The SMILES string of the molecule is Cc1cc(N2CCC(CC(C)(C)OC(N)=O)CC2)cc(N)c1[N+](=O)[O-]. The van der Waals surface area contributed by atoms with Crippen molar-refractivity contribution in [2.45, 2.75) is 45.6 Å². The molecule has 1 fully saturated rings. The van der Waals surface area contributed by atoms with Crippen LogP contribution in [0.3, 0.4) is 0 Å². The van der Waals surface area contributed by atoms with Gasteiger partial charge in [0.25, 0.3) is 5.69 Å². The lowest BCUT2D eigenvalue weighted by Gasteiger charge is -2.37. The van der Waals surface area contributed by atoms with Crippen molar-refractivity contribution in [3.63, 3.8) is 0 Å². The number of amides is 1. The first-order valence-corrected chi connectivity index (χ1v) is 8.37. The van der Waals surface area contributed by atoms with Gasteiger partial charge in [0.15, 0.2) is 0 Å². The minimum Gasteiger partial charge on any atom is -0.444 e. The number of nitro benzene ring substituents is 1. The van der Waals surface area contributed by atoms with Gasteiger partial charge in [-0.15, -0.1) is 0 Å². The summed E-state index contributed by atoms with van der Waals surface area (Å²) in [5, 5.41) is 11.0. The average Bonchev–Trinajstić information content (AvgIpc) is 2.44. The van der Waals surface area contributed by atoms with Crippen LogP contribution in [0.4, 0.5) is 21.9 Å². The summed E-state index contributed by atoms with van der Waals surface area (Å²) in [4.78, 5) is 23.8. The number of piperidine rings is 1. The number of nitrogens with two attached hydrogens (primary N) is 2. The second kappa shape index (κ2) is 7.16. The second-order valence-corrected chi connectivity index (χ2v) is 7.27. The van der Waals surface area contributed by atoms with Crippen LogP contribution in [0.25, 0.3) is 0 Å². The van der Waals surface area contributed by atoms with Crippen LogP contribution in [0, 0.1) is 23.0 Å². The summed E-state index contributed by atoms with van der Waals surface area (Å²) >= 11 is 0. The van der Waals surface area contributed by atoms with Crippen molar-refractivity contribution in [2.24, 2.45) is 11.7 Å². The first-order chi connectivity index (χ1) is 11.6. The third-order valence-corrected chi connectivity index (χ3v) is 4.63. The van der Waals surface area contributed by atoms with Gasteiger partial charge in [-0.25, -0.2) is 4.79 Å². The number of rotatable bonds is 5. The predicted octanol–water partition coefficient (Wildman–Crippen LogP) is 2.97. The van der Waals surface area contributed by atoms with Crippen LogP contribution in [-0.4, -0.2) is 29.7 Å². The van der Waals surface area contributed by atoms with Gasteiger partial charge in [0.1, 0.15) is 11.3 Å². The number of nitrogens with zero attached hydrogens (tertiary/aromatic N) is 2. The minimum absolute atomic E-state index is 0.0241. The Morgan fingerprint density at radius 2 is 2.00 bits per heavy atom. The van der Waals surface area contributed by atoms with Crippen LogP contribution in [0.1, 0.15) is 38.7 Å². The Hall–Kier alpha value is -2.51. The molecule has 0 spiro atoms. The Balaban J connectivity index is 2.01. The van der Waals surface area contributed by atoms with Gasteiger partial charge in [0.2, 0.25) is 0 Å². The molecule has 1 aliphatic heterocycles. The Morgan fingerprint density at radius 1 is 1.40 bits per heavy atom. The molecule has 2 rings (SSSR count). The van der Waals surface area contributed by atoms with Crippen molar-refractivity contribution in [1.82, 2.24) is 0 Å². The van der Waals surface area contributed by atoms with Crippen molar-refractivity contribution in [1.29, 1.82) is 0 Å². The molecule has 4 N–H and O–H groups in total. The second-order valence-electron chi connectivity index (χ2n) is 7.27. The molecule has 0 aromatic heterocycles.